The Morgan fingerprint density at radius 1 is 0.966 bits per heavy atom. The lowest BCUT2D eigenvalue weighted by Crippen LogP contribution is -2.24. The molecule has 142 valence electrons. The van der Waals surface area contributed by atoms with Crippen LogP contribution in [0.5, 0.6) is 0 Å². The van der Waals surface area contributed by atoms with E-state index in [1.807, 2.05) is 48.3 Å². The van der Waals surface area contributed by atoms with E-state index in [2.05, 4.69) is 49.4 Å². The molecule has 3 aromatic heterocycles. The Morgan fingerprint density at radius 2 is 1.83 bits per heavy atom. The van der Waals surface area contributed by atoms with E-state index in [1.165, 1.54) is 11.9 Å². The maximum atomic E-state index is 4.71. The zero-order chi connectivity index (χ0) is 19.8. The standard InChI is InChI=1S/C21H18N8/c1-13(14-6-4-3-5-7-14)29(2)21-25-17-9-8-15(10-18(17)26-28-21)19-16-11-24-27-20(16)23-12-22-19/h3-13H,1-2H3,(H,22,23,24,27)/t13-/m1/s1. The second kappa shape index (κ2) is 6.90. The molecule has 3 heterocycles. The van der Waals surface area contributed by atoms with Crippen molar-refractivity contribution in [1.82, 2.24) is 35.3 Å². The molecule has 1 atom stereocenters. The highest BCUT2D eigenvalue weighted by Crippen LogP contribution is 2.27. The Hall–Kier alpha value is -3.94. The molecule has 0 amide bonds. The van der Waals surface area contributed by atoms with Crippen molar-refractivity contribution in [3.63, 3.8) is 0 Å². The third-order valence-corrected chi connectivity index (χ3v) is 5.14. The molecule has 8 nitrogen and oxygen atoms in total. The van der Waals surface area contributed by atoms with Crippen molar-refractivity contribution in [3.05, 3.63) is 66.6 Å². The van der Waals surface area contributed by atoms with E-state index < -0.39 is 0 Å². The van der Waals surface area contributed by atoms with Crippen molar-refractivity contribution in [1.29, 1.82) is 0 Å². The first kappa shape index (κ1) is 17.2. The van der Waals surface area contributed by atoms with Crippen LogP contribution in [0.3, 0.4) is 0 Å². The number of nitrogens with one attached hydrogen (secondary N) is 1. The molecule has 8 heteroatoms. The summed E-state index contributed by atoms with van der Waals surface area (Å²) in [5.41, 5.74) is 5.10. The third-order valence-electron chi connectivity index (χ3n) is 5.14. The predicted octanol–water partition coefficient (Wildman–Crippen LogP) is 3.56. The van der Waals surface area contributed by atoms with Crippen LogP contribution in [-0.4, -0.2) is 42.4 Å². The predicted molar refractivity (Wildman–Crippen MR) is 111 cm³/mol. The van der Waals surface area contributed by atoms with Crippen LogP contribution in [0, 0.1) is 0 Å². The lowest BCUT2D eigenvalue weighted by molar-refractivity contribution is 0.709. The summed E-state index contributed by atoms with van der Waals surface area (Å²) in [4.78, 5) is 15.3. The van der Waals surface area contributed by atoms with Gasteiger partial charge in [-0.25, -0.2) is 15.0 Å². The van der Waals surface area contributed by atoms with Crippen LogP contribution in [0.2, 0.25) is 0 Å². The van der Waals surface area contributed by atoms with Crippen LogP contribution in [-0.2, 0) is 0 Å². The molecule has 0 aliphatic rings. The number of aromatic nitrogens is 7. The topological polar surface area (TPSA) is 96.4 Å². The van der Waals surface area contributed by atoms with Gasteiger partial charge in [0.25, 0.3) is 0 Å². The molecule has 0 saturated heterocycles. The third kappa shape index (κ3) is 3.04. The second-order valence-electron chi connectivity index (χ2n) is 6.87. The molecule has 0 bridgehead atoms. The van der Waals surface area contributed by atoms with E-state index in [1.54, 1.807) is 6.20 Å². The molecule has 5 aromatic rings. The fourth-order valence-electron chi connectivity index (χ4n) is 3.35. The Morgan fingerprint density at radius 3 is 2.69 bits per heavy atom. The molecule has 0 unspecified atom stereocenters. The first-order valence-corrected chi connectivity index (χ1v) is 9.27. The highest BCUT2D eigenvalue weighted by molar-refractivity contribution is 5.92. The summed E-state index contributed by atoms with van der Waals surface area (Å²) < 4.78 is 0. The average Bonchev–Trinajstić information content (AvgIpc) is 3.27. The van der Waals surface area contributed by atoms with Gasteiger partial charge >= 0.3 is 0 Å². The Kier molecular flexibility index (Phi) is 4.09. The van der Waals surface area contributed by atoms with Crippen molar-refractivity contribution in [2.24, 2.45) is 0 Å². The van der Waals surface area contributed by atoms with E-state index in [-0.39, 0.29) is 6.04 Å². The van der Waals surface area contributed by atoms with Gasteiger partial charge in [0, 0.05) is 12.6 Å². The summed E-state index contributed by atoms with van der Waals surface area (Å²) in [7, 11) is 1.98. The summed E-state index contributed by atoms with van der Waals surface area (Å²) >= 11 is 0. The van der Waals surface area contributed by atoms with Crippen LogP contribution in [0.15, 0.2) is 61.1 Å². The molecular formula is C21H18N8. The van der Waals surface area contributed by atoms with E-state index in [4.69, 9.17) is 4.98 Å². The van der Waals surface area contributed by atoms with Gasteiger partial charge in [0.15, 0.2) is 5.65 Å². The maximum Gasteiger partial charge on any atom is 0.246 e. The number of anilines is 1. The van der Waals surface area contributed by atoms with Crippen LogP contribution in [0.4, 0.5) is 5.95 Å². The molecular weight excluding hydrogens is 364 g/mol. The lowest BCUT2D eigenvalue weighted by atomic mass is 10.1. The molecule has 0 spiro atoms. The van der Waals surface area contributed by atoms with Crippen LogP contribution >= 0.6 is 0 Å². The van der Waals surface area contributed by atoms with Crippen molar-refractivity contribution in [2.45, 2.75) is 13.0 Å². The molecule has 0 saturated carbocycles. The van der Waals surface area contributed by atoms with E-state index in [9.17, 15) is 0 Å². The van der Waals surface area contributed by atoms with Gasteiger partial charge in [-0.15, -0.1) is 10.2 Å². The lowest BCUT2D eigenvalue weighted by Gasteiger charge is -2.24. The first-order valence-electron chi connectivity index (χ1n) is 9.27. The fraction of sp³-hybridized carbons (Fsp3) is 0.143. The van der Waals surface area contributed by atoms with E-state index in [0.717, 1.165) is 22.2 Å². The van der Waals surface area contributed by atoms with Gasteiger partial charge in [-0.3, -0.25) is 5.10 Å². The number of fused-ring (bicyclic) bond motifs is 2. The van der Waals surface area contributed by atoms with E-state index in [0.29, 0.717) is 17.1 Å². The highest BCUT2D eigenvalue weighted by atomic mass is 15.3. The molecule has 0 fully saturated rings. The Labute approximate surface area is 166 Å². The van der Waals surface area contributed by atoms with Crippen molar-refractivity contribution in [2.75, 3.05) is 11.9 Å². The van der Waals surface area contributed by atoms with Gasteiger partial charge in [-0.05, 0) is 24.6 Å². The van der Waals surface area contributed by atoms with Gasteiger partial charge in [-0.2, -0.15) is 5.10 Å². The number of H-pyrrole nitrogens is 1. The summed E-state index contributed by atoms with van der Waals surface area (Å²) in [5, 5.41) is 16.5. The minimum Gasteiger partial charge on any atom is -0.336 e. The number of nitrogens with zero attached hydrogens (tertiary/aromatic N) is 7. The number of benzene rings is 2. The van der Waals surface area contributed by atoms with Gasteiger partial charge in [0.2, 0.25) is 5.95 Å². The maximum absolute atomic E-state index is 4.71. The van der Waals surface area contributed by atoms with Gasteiger partial charge < -0.3 is 4.90 Å². The van der Waals surface area contributed by atoms with Gasteiger partial charge in [-0.1, -0.05) is 36.4 Å². The quantitative estimate of drug-likeness (QED) is 0.508. The van der Waals surface area contributed by atoms with Crippen LogP contribution < -0.4 is 4.90 Å². The molecule has 0 aliphatic carbocycles. The zero-order valence-corrected chi connectivity index (χ0v) is 16.0. The Balaban J connectivity index is 1.51. The molecule has 0 radical (unpaired) electrons. The second-order valence-corrected chi connectivity index (χ2v) is 6.87. The Bertz CT molecular complexity index is 1300. The summed E-state index contributed by atoms with van der Waals surface area (Å²) in [6.07, 6.45) is 3.24. The minimum atomic E-state index is 0.130. The molecule has 2 aromatic carbocycles. The summed E-state index contributed by atoms with van der Waals surface area (Å²) in [6.45, 7) is 2.12. The number of rotatable bonds is 4. The number of hydrogen-bond donors (Lipinski definition) is 1. The van der Waals surface area contributed by atoms with Crippen molar-refractivity contribution in [3.8, 4) is 11.3 Å². The molecule has 1 N–H and O–H groups in total. The number of aromatic amines is 1. The van der Waals surface area contributed by atoms with Gasteiger partial charge in [0.05, 0.1) is 28.8 Å². The summed E-state index contributed by atoms with van der Waals surface area (Å²) in [6, 6.07) is 16.3. The highest BCUT2D eigenvalue weighted by Gasteiger charge is 2.16. The van der Waals surface area contributed by atoms with E-state index >= 15 is 0 Å². The summed E-state index contributed by atoms with van der Waals surface area (Å²) in [5.74, 6) is 0.584. The minimum absolute atomic E-state index is 0.130. The fourth-order valence-corrected chi connectivity index (χ4v) is 3.35. The normalized spacial score (nSPS) is 12.3. The smallest absolute Gasteiger partial charge is 0.246 e. The average molecular weight is 382 g/mol. The molecule has 29 heavy (non-hydrogen) atoms. The van der Waals surface area contributed by atoms with Gasteiger partial charge in [0.1, 0.15) is 11.8 Å². The molecule has 0 aliphatic heterocycles. The molecule has 5 rings (SSSR count). The van der Waals surface area contributed by atoms with Crippen molar-refractivity contribution >= 4 is 28.0 Å². The van der Waals surface area contributed by atoms with Crippen LogP contribution in [0.25, 0.3) is 33.3 Å². The SMILES string of the molecule is C[C@H](c1ccccc1)N(C)c1nnc2cc(-c3ncnc4[nH]ncc34)ccc2n1. The van der Waals surface area contributed by atoms with Crippen molar-refractivity contribution < 1.29 is 0 Å². The largest absolute Gasteiger partial charge is 0.336 e. The van der Waals surface area contributed by atoms with Crippen LogP contribution in [0.1, 0.15) is 18.5 Å². The number of hydrogen-bond acceptors (Lipinski definition) is 7. The monoisotopic (exact) mass is 382 g/mol. The zero-order valence-electron chi connectivity index (χ0n) is 16.0. The first-order chi connectivity index (χ1) is 14.2.